The normalized spacial score (nSPS) is 10.7. The Morgan fingerprint density at radius 3 is 2.62 bits per heavy atom. The molecule has 1 aromatic carbocycles. The Morgan fingerprint density at radius 1 is 1.17 bits per heavy atom. The summed E-state index contributed by atoms with van der Waals surface area (Å²) in [4.78, 5) is 15.4. The number of nitrogens with zero attached hydrogens (tertiary/aromatic N) is 3. The Kier molecular flexibility index (Phi) is 4.07. The number of hydrogen-bond acceptors (Lipinski definition) is 5. The quantitative estimate of drug-likeness (QED) is 0.797. The molecule has 1 N–H and O–H groups in total. The van der Waals surface area contributed by atoms with Crippen molar-refractivity contribution in [2.24, 2.45) is 0 Å². The van der Waals surface area contributed by atoms with Crippen molar-refractivity contribution in [3.63, 3.8) is 0 Å². The fraction of sp³-hybridized carbons (Fsp3) is 0.235. The average Bonchev–Trinajstić information content (AvgIpc) is 2.94. The van der Waals surface area contributed by atoms with E-state index in [0.717, 1.165) is 16.7 Å². The Balaban J connectivity index is 2.08. The third-order valence-electron chi connectivity index (χ3n) is 3.72. The van der Waals surface area contributed by atoms with Crippen molar-refractivity contribution >= 4 is 17.5 Å². The lowest BCUT2D eigenvalue weighted by Crippen LogP contribution is -2.07. The summed E-state index contributed by atoms with van der Waals surface area (Å²) in [6.45, 7) is 3.40. The lowest BCUT2D eigenvalue weighted by Gasteiger charge is -2.14. The minimum absolute atomic E-state index is 0.207. The number of fused-ring (bicyclic) bond motifs is 1. The largest absolute Gasteiger partial charge is 0.493 e. The van der Waals surface area contributed by atoms with Crippen molar-refractivity contribution in [1.82, 2.24) is 14.6 Å². The fourth-order valence-electron chi connectivity index (χ4n) is 2.65. The molecule has 3 aromatic rings. The molecule has 1 amide bonds. The lowest BCUT2D eigenvalue weighted by atomic mass is 10.0. The average molecular weight is 326 g/mol. The van der Waals surface area contributed by atoms with Crippen LogP contribution in [-0.2, 0) is 4.79 Å². The van der Waals surface area contributed by atoms with E-state index in [1.807, 2.05) is 37.4 Å². The predicted molar refractivity (Wildman–Crippen MR) is 90.6 cm³/mol. The first-order valence-electron chi connectivity index (χ1n) is 7.39. The highest BCUT2D eigenvalue weighted by atomic mass is 16.5. The van der Waals surface area contributed by atoms with Gasteiger partial charge in [0.15, 0.2) is 17.1 Å². The van der Waals surface area contributed by atoms with Gasteiger partial charge in [0.1, 0.15) is 0 Å². The number of carbonyl (C=O) groups excluding carboxylic acids is 1. The number of amides is 1. The van der Waals surface area contributed by atoms with Gasteiger partial charge in [-0.15, -0.1) is 5.10 Å². The molecule has 7 heteroatoms. The van der Waals surface area contributed by atoms with Crippen LogP contribution in [0.15, 0.2) is 30.5 Å². The van der Waals surface area contributed by atoms with E-state index in [-0.39, 0.29) is 11.9 Å². The van der Waals surface area contributed by atoms with E-state index in [1.165, 1.54) is 6.92 Å². The monoisotopic (exact) mass is 326 g/mol. The van der Waals surface area contributed by atoms with Crippen molar-refractivity contribution in [3.8, 4) is 22.6 Å². The van der Waals surface area contributed by atoms with E-state index in [9.17, 15) is 4.79 Å². The van der Waals surface area contributed by atoms with E-state index in [0.29, 0.717) is 17.1 Å². The Bertz CT molecular complexity index is 918. The van der Waals surface area contributed by atoms with Gasteiger partial charge in [-0.25, -0.2) is 4.52 Å². The molecule has 0 saturated carbocycles. The molecule has 0 aliphatic carbocycles. The minimum Gasteiger partial charge on any atom is -0.493 e. The van der Waals surface area contributed by atoms with Crippen molar-refractivity contribution in [1.29, 1.82) is 0 Å². The van der Waals surface area contributed by atoms with E-state index in [4.69, 9.17) is 9.47 Å². The van der Waals surface area contributed by atoms with Gasteiger partial charge in [0.2, 0.25) is 11.9 Å². The van der Waals surface area contributed by atoms with Gasteiger partial charge in [-0.05, 0) is 30.7 Å². The first kappa shape index (κ1) is 15.8. The number of rotatable bonds is 4. The standard InChI is InChI=1S/C17H18N4O3/c1-10-13(6-7-14(23-3)16(10)24-4)12-5-8-15-19-17(18-11(2)22)20-21(15)9-12/h5-9H,1-4H3,(H,18,20,22). The molecule has 0 atom stereocenters. The van der Waals surface area contributed by atoms with Gasteiger partial charge < -0.3 is 9.47 Å². The summed E-state index contributed by atoms with van der Waals surface area (Å²) in [7, 11) is 3.23. The second kappa shape index (κ2) is 6.19. The van der Waals surface area contributed by atoms with Crippen LogP contribution in [0, 0.1) is 6.92 Å². The third-order valence-corrected chi connectivity index (χ3v) is 3.72. The molecule has 0 unspecified atom stereocenters. The lowest BCUT2D eigenvalue weighted by molar-refractivity contribution is -0.114. The molecule has 0 fully saturated rings. The van der Waals surface area contributed by atoms with Gasteiger partial charge >= 0.3 is 0 Å². The van der Waals surface area contributed by atoms with Crippen molar-refractivity contribution < 1.29 is 14.3 Å². The highest BCUT2D eigenvalue weighted by Gasteiger charge is 2.13. The van der Waals surface area contributed by atoms with Crippen LogP contribution in [0.25, 0.3) is 16.8 Å². The summed E-state index contributed by atoms with van der Waals surface area (Å²) >= 11 is 0. The van der Waals surface area contributed by atoms with Crippen molar-refractivity contribution in [2.45, 2.75) is 13.8 Å². The molecule has 2 heterocycles. The number of hydrogen-bond donors (Lipinski definition) is 1. The van der Waals surface area contributed by atoms with Gasteiger partial charge in [0.25, 0.3) is 0 Å². The zero-order chi connectivity index (χ0) is 17.3. The molecule has 0 aliphatic heterocycles. The van der Waals surface area contributed by atoms with Crippen LogP contribution in [0.1, 0.15) is 12.5 Å². The number of nitrogens with one attached hydrogen (secondary N) is 1. The van der Waals surface area contributed by atoms with Crippen molar-refractivity contribution in [3.05, 3.63) is 36.0 Å². The number of ether oxygens (including phenoxy) is 2. The van der Waals surface area contributed by atoms with E-state index in [2.05, 4.69) is 15.4 Å². The van der Waals surface area contributed by atoms with E-state index >= 15 is 0 Å². The predicted octanol–water partition coefficient (Wildman–Crippen LogP) is 2.68. The first-order chi connectivity index (χ1) is 11.5. The van der Waals surface area contributed by atoms with Crippen LogP contribution in [-0.4, -0.2) is 34.7 Å². The molecular formula is C17H18N4O3. The summed E-state index contributed by atoms with van der Waals surface area (Å²) in [6.07, 6.45) is 1.86. The van der Waals surface area contributed by atoms with Gasteiger partial charge in [0, 0.05) is 24.2 Å². The van der Waals surface area contributed by atoms with Gasteiger partial charge in [-0.1, -0.05) is 6.07 Å². The highest BCUT2D eigenvalue weighted by molar-refractivity contribution is 5.86. The van der Waals surface area contributed by atoms with Crippen LogP contribution < -0.4 is 14.8 Å². The number of pyridine rings is 1. The summed E-state index contributed by atoms with van der Waals surface area (Å²) in [6, 6.07) is 7.65. The number of methoxy groups -OCH3 is 2. The zero-order valence-corrected chi connectivity index (χ0v) is 14.0. The molecule has 24 heavy (non-hydrogen) atoms. The van der Waals surface area contributed by atoms with Gasteiger partial charge in [-0.3, -0.25) is 10.1 Å². The zero-order valence-electron chi connectivity index (χ0n) is 14.0. The second-order valence-corrected chi connectivity index (χ2v) is 5.31. The number of anilines is 1. The van der Waals surface area contributed by atoms with Crippen LogP contribution in [0.3, 0.4) is 0 Å². The summed E-state index contributed by atoms with van der Waals surface area (Å²) < 4.78 is 12.4. The molecule has 0 radical (unpaired) electrons. The smallest absolute Gasteiger partial charge is 0.249 e. The van der Waals surface area contributed by atoms with Crippen LogP contribution >= 0.6 is 0 Å². The second-order valence-electron chi connectivity index (χ2n) is 5.31. The molecular weight excluding hydrogens is 308 g/mol. The van der Waals surface area contributed by atoms with E-state index < -0.39 is 0 Å². The maximum absolute atomic E-state index is 11.1. The third kappa shape index (κ3) is 2.76. The number of carbonyl (C=O) groups is 1. The van der Waals surface area contributed by atoms with Crippen molar-refractivity contribution in [2.75, 3.05) is 19.5 Å². The summed E-state index contributed by atoms with van der Waals surface area (Å²) in [5.41, 5.74) is 3.59. The SMILES string of the molecule is COc1ccc(-c2ccc3nc(NC(C)=O)nn3c2)c(C)c1OC. The summed E-state index contributed by atoms with van der Waals surface area (Å²) in [5.74, 6) is 1.46. The Morgan fingerprint density at radius 2 is 1.96 bits per heavy atom. The molecule has 0 saturated heterocycles. The summed E-state index contributed by atoms with van der Waals surface area (Å²) in [5, 5.41) is 6.84. The van der Waals surface area contributed by atoms with E-state index in [1.54, 1.807) is 18.7 Å². The Labute approximate surface area is 139 Å². The highest BCUT2D eigenvalue weighted by Crippen LogP contribution is 2.37. The maximum atomic E-state index is 11.1. The maximum Gasteiger partial charge on any atom is 0.249 e. The molecule has 0 aliphatic rings. The van der Waals surface area contributed by atoms with Crippen LogP contribution in [0.2, 0.25) is 0 Å². The molecule has 2 aromatic heterocycles. The molecule has 7 nitrogen and oxygen atoms in total. The fourth-order valence-corrected chi connectivity index (χ4v) is 2.65. The van der Waals surface area contributed by atoms with Gasteiger partial charge in [-0.2, -0.15) is 4.98 Å². The van der Waals surface area contributed by atoms with Crippen LogP contribution in [0.4, 0.5) is 5.95 Å². The van der Waals surface area contributed by atoms with Gasteiger partial charge in [0.05, 0.1) is 14.2 Å². The number of aromatic nitrogens is 3. The minimum atomic E-state index is -0.207. The molecule has 124 valence electrons. The topological polar surface area (TPSA) is 77.8 Å². The molecule has 0 bridgehead atoms. The first-order valence-corrected chi connectivity index (χ1v) is 7.39. The molecule has 3 rings (SSSR count). The Hall–Kier alpha value is -3.09. The number of benzene rings is 1. The van der Waals surface area contributed by atoms with Crippen LogP contribution in [0.5, 0.6) is 11.5 Å². The molecule has 0 spiro atoms.